The molecule has 0 aromatic carbocycles. The fraction of sp³-hybridized carbons (Fsp3) is 0.867. The third-order valence-electron chi connectivity index (χ3n) is 3.89. The van der Waals surface area contributed by atoms with E-state index < -0.39 is 15.5 Å². The molecule has 1 rings (SSSR count). The Morgan fingerprint density at radius 3 is 2.41 bits per heavy atom. The highest BCUT2D eigenvalue weighted by Crippen LogP contribution is 2.28. The largest absolute Gasteiger partial charge is 0.511 e. The Kier molecular flexibility index (Phi) is 9.30. The van der Waals surface area contributed by atoms with Crippen LogP contribution in [-0.2, 0) is 19.6 Å². The number of carbonyl (C=O) groups excluding carboxylic acids is 1. The standard InChI is InChI=1S/C15H27F3N4O4S/c1-3-19-14(20-9-5-6-13(23)26-4-2)21-12-7-10-22(11-8-12)27(24,25)15(16,17)18/h12H,3-11H2,1-2H3,(H2,19,20,21). The molecule has 1 aliphatic rings. The van der Waals surface area contributed by atoms with Gasteiger partial charge >= 0.3 is 21.5 Å². The number of carbonyl (C=O) groups is 1. The van der Waals surface area contributed by atoms with Gasteiger partial charge in [-0.15, -0.1) is 0 Å². The lowest BCUT2D eigenvalue weighted by Crippen LogP contribution is -2.51. The molecule has 158 valence electrons. The molecule has 1 aliphatic heterocycles. The van der Waals surface area contributed by atoms with Crippen LogP contribution in [0.5, 0.6) is 0 Å². The number of ether oxygens (including phenoxy) is 1. The second-order valence-corrected chi connectivity index (χ2v) is 7.87. The van der Waals surface area contributed by atoms with Crippen molar-refractivity contribution in [1.82, 2.24) is 14.9 Å². The zero-order valence-corrected chi connectivity index (χ0v) is 16.3. The van der Waals surface area contributed by atoms with Gasteiger partial charge in [-0.3, -0.25) is 9.79 Å². The lowest BCUT2D eigenvalue weighted by molar-refractivity contribution is -0.143. The zero-order chi connectivity index (χ0) is 20.5. The lowest BCUT2D eigenvalue weighted by atomic mass is 10.1. The first-order valence-electron chi connectivity index (χ1n) is 8.88. The maximum Gasteiger partial charge on any atom is 0.511 e. The Hall–Kier alpha value is -1.56. The molecule has 8 nitrogen and oxygen atoms in total. The molecule has 1 saturated heterocycles. The van der Waals surface area contributed by atoms with Crippen LogP contribution in [0, 0.1) is 0 Å². The highest BCUT2D eigenvalue weighted by Gasteiger charge is 2.50. The number of nitrogens with one attached hydrogen (secondary N) is 2. The van der Waals surface area contributed by atoms with Crippen molar-refractivity contribution in [2.45, 2.75) is 51.1 Å². The molecular weight excluding hydrogens is 389 g/mol. The van der Waals surface area contributed by atoms with Gasteiger partial charge in [0.15, 0.2) is 5.96 Å². The van der Waals surface area contributed by atoms with Crippen LogP contribution in [0.2, 0.25) is 0 Å². The quantitative estimate of drug-likeness (QED) is 0.267. The molecule has 0 aromatic heterocycles. The van der Waals surface area contributed by atoms with Gasteiger partial charge < -0.3 is 15.4 Å². The Labute approximate surface area is 157 Å². The smallest absolute Gasteiger partial charge is 0.466 e. The maximum absolute atomic E-state index is 12.6. The molecule has 0 atom stereocenters. The first-order chi connectivity index (χ1) is 12.6. The second kappa shape index (κ2) is 10.7. The Balaban J connectivity index is 2.50. The monoisotopic (exact) mass is 416 g/mol. The van der Waals surface area contributed by atoms with Crippen LogP contribution in [0.15, 0.2) is 4.99 Å². The average Bonchev–Trinajstić information content (AvgIpc) is 2.58. The van der Waals surface area contributed by atoms with Crippen molar-refractivity contribution in [2.75, 3.05) is 32.8 Å². The van der Waals surface area contributed by atoms with Crippen LogP contribution in [0.25, 0.3) is 0 Å². The molecule has 0 saturated carbocycles. The van der Waals surface area contributed by atoms with Crippen molar-refractivity contribution < 1.29 is 31.1 Å². The van der Waals surface area contributed by atoms with Gasteiger partial charge in [0.05, 0.1) is 6.61 Å². The van der Waals surface area contributed by atoms with Gasteiger partial charge in [0.1, 0.15) is 0 Å². The van der Waals surface area contributed by atoms with Gasteiger partial charge in [-0.1, -0.05) is 0 Å². The number of sulfonamides is 1. The van der Waals surface area contributed by atoms with Crippen LogP contribution < -0.4 is 10.6 Å². The van der Waals surface area contributed by atoms with Crippen LogP contribution in [0.1, 0.15) is 39.5 Å². The highest BCUT2D eigenvalue weighted by atomic mass is 32.2. The van der Waals surface area contributed by atoms with Gasteiger partial charge in [0.25, 0.3) is 0 Å². The molecular formula is C15H27F3N4O4S. The molecule has 1 fully saturated rings. The van der Waals surface area contributed by atoms with Crippen LogP contribution in [0.3, 0.4) is 0 Å². The number of alkyl halides is 3. The number of rotatable bonds is 8. The molecule has 0 radical (unpaired) electrons. The summed E-state index contributed by atoms with van der Waals surface area (Å²) in [7, 11) is -5.28. The van der Waals surface area contributed by atoms with Crippen molar-refractivity contribution in [1.29, 1.82) is 0 Å². The van der Waals surface area contributed by atoms with E-state index >= 15 is 0 Å². The molecule has 0 bridgehead atoms. The van der Waals surface area contributed by atoms with Crippen LogP contribution >= 0.6 is 0 Å². The lowest BCUT2D eigenvalue weighted by Gasteiger charge is -2.32. The number of nitrogens with zero attached hydrogens (tertiary/aromatic N) is 2. The minimum atomic E-state index is -5.28. The maximum atomic E-state index is 12.6. The van der Waals surface area contributed by atoms with E-state index in [0.29, 0.717) is 36.4 Å². The number of piperidine rings is 1. The van der Waals surface area contributed by atoms with Gasteiger partial charge in [-0.2, -0.15) is 17.5 Å². The van der Waals surface area contributed by atoms with E-state index in [1.807, 2.05) is 6.92 Å². The molecule has 0 aliphatic carbocycles. The minimum Gasteiger partial charge on any atom is -0.466 e. The molecule has 2 N–H and O–H groups in total. The van der Waals surface area contributed by atoms with Gasteiger partial charge in [0, 0.05) is 38.6 Å². The number of hydrogen-bond donors (Lipinski definition) is 2. The topological polar surface area (TPSA) is 100 Å². The SMILES string of the molecule is CCNC(=NCCCC(=O)OCC)NC1CCN(S(=O)(=O)C(F)(F)F)CC1. The first kappa shape index (κ1) is 23.5. The van der Waals surface area contributed by atoms with E-state index in [2.05, 4.69) is 15.6 Å². The van der Waals surface area contributed by atoms with Crippen molar-refractivity contribution in [3.63, 3.8) is 0 Å². The van der Waals surface area contributed by atoms with Crippen LogP contribution in [0.4, 0.5) is 13.2 Å². The zero-order valence-electron chi connectivity index (χ0n) is 15.5. The normalized spacial score (nSPS) is 17.6. The first-order valence-corrected chi connectivity index (χ1v) is 10.3. The van der Waals surface area contributed by atoms with E-state index in [1.165, 1.54) is 0 Å². The fourth-order valence-corrected chi connectivity index (χ4v) is 3.53. The van der Waals surface area contributed by atoms with Crippen molar-refractivity contribution in [3.05, 3.63) is 0 Å². The molecule has 0 amide bonds. The van der Waals surface area contributed by atoms with Crippen molar-refractivity contribution >= 4 is 22.0 Å². The predicted octanol–water partition coefficient (Wildman–Crippen LogP) is 1.20. The van der Waals surface area contributed by atoms with E-state index in [0.717, 1.165) is 0 Å². The van der Waals surface area contributed by atoms with E-state index in [1.54, 1.807) is 6.92 Å². The number of halogens is 3. The Morgan fingerprint density at radius 1 is 1.26 bits per heavy atom. The summed E-state index contributed by atoms with van der Waals surface area (Å²) in [6.07, 6.45) is 1.24. The Morgan fingerprint density at radius 2 is 1.89 bits per heavy atom. The van der Waals surface area contributed by atoms with Gasteiger partial charge in [0.2, 0.25) is 0 Å². The molecule has 12 heteroatoms. The van der Waals surface area contributed by atoms with E-state index in [4.69, 9.17) is 4.74 Å². The number of esters is 1. The highest BCUT2D eigenvalue weighted by molar-refractivity contribution is 7.90. The Bertz CT molecular complexity index is 603. The van der Waals surface area contributed by atoms with Crippen LogP contribution in [-0.4, -0.2) is 69.0 Å². The summed E-state index contributed by atoms with van der Waals surface area (Å²) < 4.78 is 65.9. The molecule has 0 unspecified atom stereocenters. The third-order valence-corrected chi connectivity index (χ3v) is 5.52. The molecule has 0 aromatic rings. The third kappa shape index (κ3) is 7.53. The molecule has 1 heterocycles. The number of hydrogen-bond acceptors (Lipinski definition) is 5. The number of guanidine groups is 1. The average molecular weight is 416 g/mol. The van der Waals surface area contributed by atoms with Gasteiger partial charge in [-0.05, 0) is 33.1 Å². The summed E-state index contributed by atoms with van der Waals surface area (Å²) in [5.74, 6) is 0.197. The summed E-state index contributed by atoms with van der Waals surface area (Å²) in [5.41, 5.74) is -5.28. The summed E-state index contributed by atoms with van der Waals surface area (Å²) in [6.45, 7) is 4.49. The van der Waals surface area contributed by atoms with E-state index in [-0.39, 0.29) is 44.4 Å². The fourth-order valence-electron chi connectivity index (χ4n) is 2.55. The second-order valence-electron chi connectivity index (χ2n) is 5.94. The van der Waals surface area contributed by atoms with Gasteiger partial charge in [-0.25, -0.2) is 8.42 Å². The summed E-state index contributed by atoms with van der Waals surface area (Å²) in [6, 6.07) is -0.187. The van der Waals surface area contributed by atoms with E-state index in [9.17, 15) is 26.4 Å². The van der Waals surface area contributed by atoms with Crippen molar-refractivity contribution in [3.8, 4) is 0 Å². The minimum absolute atomic E-state index is 0.187. The predicted molar refractivity (Wildman–Crippen MR) is 94.6 cm³/mol. The number of aliphatic imine (C=N–C) groups is 1. The molecule has 27 heavy (non-hydrogen) atoms. The summed E-state index contributed by atoms with van der Waals surface area (Å²) in [4.78, 5) is 15.6. The summed E-state index contributed by atoms with van der Waals surface area (Å²) >= 11 is 0. The van der Waals surface area contributed by atoms with Crippen molar-refractivity contribution in [2.24, 2.45) is 4.99 Å². The molecule has 0 spiro atoms. The summed E-state index contributed by atoms with van der Waals surface area (Å²) in [5, 5.41) is 6.12.